The Labute approximate surface area is 106 Å². The molecule has 5 nitrogen and oxygen atoms in total. The molecule has 0 bridgehead atoms. The number of hydrogen-bond donors (Lipinski definition) is 0. The smallest absolute Gasteiger partial charge is 0.258 e. The number of nitro benzene ring substituents is 1. The zero-order chi connectivity index (χ0) is 14.1. The molecular weight excluding hydrogens is 292 g/mol. The summed E-state index contributed by atoms with van der Waals surface area (Å²) in [5.74, 6) is 0. The van der Waals surface area contributed by atoms with Gasteiger partial charge < -0.3 is 0 Å². The van der Waals surface area contributed by atoms with Crippen molar-refractivity contribution in [2.75, 3.05) is 0 Å². The summed E-state index contributed by atoms with van der Waals surface area (Å²) in [6.07, 6.45) is -3.17. The molecule has 0 fully saturated rings. The van der Waals surface area contributed by atoms with Crippen molar-refractivity contribution in [2.24, 2.45) is 0 Å². The van der Waals surface area contributed by atoms with E-state index in [4.69, 9.17) is 10.7 Å². The van der Waals surface area contributed by atoms with Crippen molar-refractivity contribution in [1.29, 1.82) is 0 Å². The number of hydrogen-bond acceptors (Lipinski definition) is 4. The fourth-order valence-electron chi connectivity index (χ4n) is 1.60. The van der Waals surface area contributed by atoms with Crippen LogP contribution in [0.25, 0.3) is 0 Å². The number of benzene rings is 1. The lowest BCUT2D eigenvalue weighted by molar-refractivity contribution is -0.387. The third-order valence-corrected chi connectivity index (χ3v) is 3.71. The first-order valence-electron chi connectivity index (χ1n) is 4.73. The number of nitrogens with zero attached hydrogens (tertiary/aromatic N) is 1. The van der Waals surface area contributed by atoms with E-state index in [0.29, 0.717) is 6.07 Å². The summed E-state index contributed by atoms with van der Waals surface area (Å²) in [7, 11) is 0.892. The van der Waals surface area contributed by atoms with Crippen LogP contribution in [0.3, 0.4) is 0 Å². The Morgan fingerprint density at radius 3 is 2.33 bits per heavy atom. The maximum atomic E-state index is 12.6. The van der Waals surface area contributed by atoms with Crippen LogP contribution in [-0.2, 0) is 15.5 Å². The van der Waals surface area contributed by atoms with Crippen LogP contribution in [0.4, 0.5) is 14.5 Å². The second-order valence-corrected chi connectivity index (χ2v) is 5.86. The summed E-state index contributed by atoms with van der Waals surface area (Å²) in [6.45, 7) is 1.42. The van der Waals surface area contributed by atoms with Gasteiger partial charge in [-0.3, -0.25) is 10.1 Å². The Bertz CT molecular complexity index is 588. The standard InChI is InChI=1S/C9H8ClF2NO4S/c1-2-5-7(18(10,16)17)4-3-6(9(11)12)8(5)13(14)15/h3-4,9H,2H2,1H3. The van der Waals surface area contributed by atoms with Gasteiger partial charge in [-0.25, -0.2) is 17.2 Å². The average Bonchev–Trinajstić information content (AvgIpc) is 2.25. The molecule has 0 aliphatic rings. The summed E-state index contributed by atoms with van der Waals surface area (Å²) in [5.41, 5.74) is -2.03. The highest BCUT2D eigenvalue weighted by molar-refractivity contribution is 8.13. The van der Waals surface area contributed by atoms with Crippen molar-refractivity contribution in [1.82, 2.24) is 0 Å². The van der Waals surface area contributed by atoms with Crippen LogP contribution >= 0.6 is 10.7 Å². The molecule has 0 spiro atoms. The van der Waals surface area contributed by atoms with Crippen molar-refractivity contribution in [3.05, 3.63) is 33.4 Å². The van der Waals surface area contributed by atoms with E-state index in [1.54, 1.807) is 0 Å². The lowest BCUT2D eigenvalue weighted by atomic mass is 10.1. The van der Waals surface area contributed by atoms with Crippen molar-refractivity contribution in [3.63, 3.8) is 0 Å². The van der Waals surface area contributed by atoms with Crippen LogP contribution in [0.2, 0.25) is 0 Å². The quantitative estimate of drug-likeness (QED) is 0.486. The lowest BCUT2D eigenvalue weighted by Gasteiger charge is -2.09. The van der Waals surface area contributed by atoms with Crippen molar-refractivity contribution in [3.8, 4) is 0 Å². The SMILES string of the molecule is CCc1c(S(=O)(=O)Cl)ccc(C(F)F)c1[N+](=O)[O-]. The highest BCUT2D eigenvalue weighted by Crippen LogP contribution is 2.36. The normalized spacial score (nSPS) is 11.8. The van der Waals surface area contributed by atoms with Crippen LogP contribution in [0.1, 0.15) is 24.5 Å². The van der Waals surface area contributed by atoms with E-state index in [1.807, 2.05) is 0 Å². The van der Waals surface area contributed by atoms with Crippen LogP contribution in [0.5, 0.6) is 0 Å². The predicted octanol–water partition coefficient (Wildman–Crippen LogP) is 3.02. The molecule has 0 aliphatic carbocycles. The Kier molecular flexibility index (Phi) is 4.23. The Morgan fingerprint density at radius 2 is 2.00 bits per heavy atom. The van der Waals surface area contributed by atoms with E-state index in [2.05, 4.69) is 0 Å². The largest absolute Gasteiger partial charge is 0.282 e. The van der Waals surface area contributed by atoms with Gasteiger partial charge in [0.25, 0.3) is 21.2 Å². The summed E-state index contributed by atoms with van der Waals surface area (Å²) in [4.78, 5) is 9.29. The molecule has 1 aromatic rings. The van der Waals surface area contributed by atoms with Gasteiger partial charge in [-0.2, -0.15) is 0 Å². The molecule has 9 heteroatoms. The van der Waals surface area contributed by atoms with Gasteiger partial charge in [0.1, 0.15) is 0 Å². The molecule has 0 N–H and O–H groups in total. The highest BCUT2D eigenvalue weighted by atomic mass is 35.7. The average molecular weight is 300 g/mol. The molecule has 100 valence electrons. The van der Waals surface area contributed by atoms with Gasteiger partial charge in [-0.1, -0.05) is 6.92 Å². The Morgan fingerprint density at radius 1 is 1.44 bits per heavy atom. The fraction of sp³-hybridized carbons (Fsp3) is 0.333. The zero-order valence-corrected chi connectivity index (χ0v) is 10.6. The molecular formula is C9H8ClF2NO4S. The van der Waals surface area contributed by atoms with Crippen LogP contribution < -0.4 is 0 Å². The third-order valence-electron chi connectivity index (χ3n) is 2.30. The van der Waals surface area contributed by atoms with Crippen LogP contribution in [0.15, 0.2) is 17.0 Å². The molecule has 0 amide bonds. The minimum atomic E-state index is -4.22. The van der Waals surface area contributed by atoms with Crippen molar-refractivity contribution >= 4 is 25.4 Å². The monoisotopic (exact) mass is 299 g/mol. The third kappa shape index (κ3) is 2.75. The second-order valence-electron chi connectivity index (χ2n) is 3.33. The molecule has 0 radical (unpaired) electrons. The van der Waals surface area contributed by atoms with Crippen LogP contribution in [-0.4, -0.2) is 13.3 Å². The molecule has 0 unspecified atom stereocenters. The minimum absolute atomic E-state index is 0.0991. The van der Waals surface area contributed by atoms with E-state index in [-0.39, 0.29) is 12.0 Å². The summed E-state index contributed by atoms with van der Waals surface area (Å²) in [6, 6.07) is 1.56. The first-order chi connectivity index (χ1) is 8.20. The summed E-state index contributed by atoms with van der Waals surface area (Å²) >= 11 is 0. The number of alkyl halides is 2. The minimum Gasteiger partial charge on any atom is -0.258 e. The second kappa shape index (κ2) is 5.15. The summed E-state index contributed by atoms with van der Waals surface area (Å²) in [5, 5.41) is 10.8. The molecule has 0 aliphatic heterocycles. The maximum Gasteiger partial charge on any atom is 0.282 e. The maximum absolute atomic E-state index is 12.6. The fourth-order valence-corrected chi connectivity index (χ4v) is 2.80. The molecule has 0 saturated heterocycles. The van der Waals surface area contributed by atoms with Gasteiger partial charge in [-0.05, 0) is 18.6 Å². The molecule has 1 rings (SSSR count). The van der Waals surface area contributed by atoms with E-state index < -0.39 is 36.5 Å². The van der Waals surface area contributed by atoms with Crippen molar-refractivity contribution < 1.29 is 22.1 Å². The molecule has 0 atom stereocenters. The zero-order valence-electron chi connectivity index (χ0n) is 9.06. The van der Waals surface area contributed by atoms with Crippen molar-refractivity contribution in [2.45, 2.75) is 24.7 Å². The van der Waals surface area contributed by atoms with Gasteiger partial charge in [0.05, 0.1) is 15.4 Å². The van der Waals surface area contributed by atoms with Gasteiger partial charge in [0, 0.05) is 16.2 Å². The lowest BCUT2D eigenvalue weighted by Crippen LogP contribution is -2.06. The van der Waals surface area contributed by atoms with E-state index >= 15 is 0 Å². The molecule has 0 aromatic heterocycles. The van der Waals surface area contributed by atoms with Crippen LogP contribution in [0, 0.1) is 10.1 Å². The topological polar surface area (TPSA) is 77.3 Å². The number of halogens is 3. The van der Waals surface area contributed by atoms with E-state index in [1.165, 1.54) is 6.92 Å². The molecule has 0 saturated carbocycles. The van der Waals surface area contributed by atoms with Gasteiger partial charge >= 0.3 is 0 Å². The predicted molar refractivity (Wildman–Crippen MR) is 60.5 cm³/mol. The molecule has 0 heterocycles. The van der Waals surface area contributed by atoms with Gasteiger partial charge in [0.15, 0.2) is 0 Å². The Balaban J connectivity index is 3.75. The molecule has 18 heavy (non-hydrogen) atoms. The van der Waals surface area contributed by atoms with E-state index in [9.17, 15) is 27.3 Å². The van der Waals surface area contributed by atoms with Gasteiger partial charge in [0.2, 0.25) is 0 Å². The van der Waals surface area contributed by atoms with E-state index in [0.717, 1.165) is 6.07 Å². The molecule has 1 aromatic carbocycles. The first-order valence-corrected chi connectivity index (χ1v) is 7.04. The van der Waals surface area contributed by atoms with Gasteiger partial charge in [-0.15, -0.1) is 0 Å². The number of nitro groups is 1. The first kappa shape index (κ1) is 14.8. The Hall–Kier alpha value is -1.28. The number of rotatable bonds is 4. The summed E-state index contributed by atoms with van der Waals surface area (Å²) < 4.78 is 47.7. The highest BCUT2D eigenvalue weighted by Gasteiger charge is 2.30.